The Hall–Kier alpha value is -2.68. The van der Waals surface area contributed by atoms with Crippen molar-refractivity contribution in [2.45, 2.75) is 40.3 Å². The standard InChI is InChI=1S/C19H27N5O4/c1-12(2)7-23-9-15(27-11-17(23)25)6-20-19(26)18-16(14(4)28-22-18)10-24-8-13(3)5-21-24/h5,8,12,15H,6-7,9-11H2,1-4H3,(H,20,26). The zero-order chi connectivity index (χ0) is 20.3. The fourth-order valence-electron chi connectivity index (χ4n) is 3.18. The average Bonchev–Trinajstić information content (AvgIpc) is 3.21. The van der Waals surface area contributed by atoms with Gasteiger partial charge in [0.15, 0.2) is 5.69 Å². The minimum absolute atomic E-state index is 0.0137. The number of aromatic nitrogens is 3. The van der Waals surface area contributed by atoms with Gasteiger partial charge in [-0.1, -0.05) is 19.0 Å². The molecule has 3 rings (SSSR count). The van der Waals surface area contributed by atoms with Gasteiger partial charge in [0.2, 0.25) is 5.91 Å². The van der Waals surface area contributed by atoms with E-state index in [1.54, 1.807) is 22.7 Å². The van der Waals surface area contributed by atoms with Crippen molar-refractivity contribution in [3.8, 4) is 0 Å². The molecule has 2 amide bonds. The first-order valence-corrected chi connectivity index (χ1v) is 9.45. The Labute approximate surface area is 164 Å². The van der Waals surface area contributed by atoms with Gasteiger partial charge in [-0.15, -0.1) is 0 Å². The molecule has 152 valence electrons. The van der Waals surface area contributed by atoms with Crippen LogP contribution in [0, 0.1) is 19.8 Å². The van der Waals surface area contributed by atoms with E-state index in [9.17, 15) is 9.59 Å². The number of ether oxygens (including phenoxy) is 1. The van der Waals surface area contributed by atoms with Crippen molar-refractivity contribution in [1.82, 2.24) is 25.2 Å². The van der Waals surface area contributed by atoms with Crippen LogP contribution in [0.3, 0.4) is 0 Å². The van der Waals surface area contributed by atoms with Gasteiger partial charge in [-0.3, -0.25) is 14.3 Å². The highest BCUT2D eigenvalue weighted by Gasteiger charge is 2.28. The normalized spacial score (nSPS) is 17.4. The van der Waals surface area contributed by atoms with E-state index in [4.69, 9.17) is 9.26 Å². The first-order valence-electron chi connectivity index (χ1n) is 9.45. The van der Waals surface area contributed by atoms with Gasteiger partial charge in [-0.05, 0) is 25.3 Å². The monoisotopic (exact) mass is 389 g/mol. The first-order chi connectivity index (χ1) is 13.3. The SMILES string of the molecule is Cc1cnn(Cc2c(C(=O)NCC3CN(CC(C)C)C(=O)CO3)noc2C)c1. The molecule has 1 saturated heterocycles. The summed E-state index contributed by atoms with van der Waals surface area (Å²) in [6.07, 6.45) is 3.41. The maximum Gasteiger partial charge on any atom is 0.273 e. The number of carbonyl (C=O) groups excluding carboxylic acids is 2. The molecular weight excluding hydrogens is 362 g/mol. The summed E-state index contributed by atoms with van der Waals surface area (Å²) >= 11 is 0. The molecule has 1 aliphatic heterocycles. The molecule has 1 unspecified atom stereocenters. The van der Waals surface area contributed by atoms with Crippen molar-refractivity contribution < 1.29 is 18.8 Å². The summed E-state index contributed by atoms with van der Waals surface area (Å²) in [5, 5.41) is 11.0. The molecule has 0 aromatic carbocycles. The minimum Gasteiger partial charge on any atom is -0.365 e. The molecule has 0 radical (unpaired) electrons. The summed E-state index contributed by atoms with van der Waals surface area (Å²) in [5.74, 6) is 0.622. The summed E-state index contributed by atoms with van der Waals surface area (Å²) in [4.78, 5) is 26.4. The molecule has 1 N–H and O–H groups in total. The van der Waals surface area contributed by atoms with Gasteiger partial charge in [-0.2, -0.15) is 5.10 Å². The fourth-order valence-corrected chi connectivity index (χ4v) is 3.18. The molecule has 1 aliphatic rings. The molecule has 0 spiro atoms. The number of nitrogens with one attached hydrogen (secondary N) is 1. The summed E-state index contributed by atoms with van der Waals surface area (Å²) < 4.78 is 12.5. The Morgan fingerprint density at radius 3 is 2.86 bits per heavy atom. The van der Waals surface area contributed by atoms with E-state index in [2.05, 4.69) is 29.4 Å². The van der Waals surface area contributed by atoms with E-state index in [1.165, 1.54) is 0 Å². The van der Waals surface area contributed by atoms with Crippen LogP contribution < -0.4 is 5.32 Å². The zero-order valence-corrected chi connectivity index (χ0v) is 16.8. The van der Waals surface area contributed by atoms with Gasteiger partial charge in [0.1, 0.15) is 12.4 Å². The van der Waals surface area contributed by atoms with Crippen LogP contribution in [-0.4, -0.2) is 64.0 Å². The van der Waals surface area contributed by atoms with E-state index in [1.807, 2.05) is 13.1 Å². The molecule has 2 aromatic heterocycles. The molecule has 0 bridgehead atoms. The van der Waals surface area contributed by atoms with Crippen molar-refractivity contribution >= 4 is 11.8 Å². The highest BCUT2D eigenvalue weighted by Crippen LogP contribution is 2.15. The number of hydrogen-bond donors (Lipinski definition) is 1. The smallest absolute Gasteiger partial charge is 0.273 e. The van der Waals surface area contributed by atoms with Crippen LogP contribution in [0.1, 0.15) is 41.2 Å². The summed E-state index contributed by atoms with van der Waals surface area (Å²) in [5.41, 5.74) is 1.98. The lowest BCUT2D eigenvalue weighted by molar-refractivity contribution is -0.149. The van der Waals surface area contributed by atoms with Gasteiger partial charge in [-0.25, -0.2) is 0 Å². The van der Waals surface area contributed by atoms with Crippen LogP contribution in [0.25, 0.3) is 0 Å². The average molecular weight is 389 g/mol. The lowest BCUT2D eigenvalue weighted by Crippen LogP contribution is -2.51. The quantitative estimate of drug-likeness (QED) is 0.762. The molecule has 0 saturated carbocycles. The summed E-state index contributed by atoms with van der Waals surface area (Å²) in [6, 6.07) is 0. The van der Waals surface area contributed by atoms with Crippen LogP contribution >= 0.6 is 0 Å². The molecule has 3 heterocycles. The van der Waals surface area contributed by atoms with Crippen molar-refractivity contribution in [2.75, 3.05) is 26.2 Å². The molecule has 9 nitrogen and oxygen atoms in total. The molecular formula is C19H27N5O4. The number of hydrogen-bond acceptors (Lipinski definition) is 6. The number of rotatable bonds is 7. The zero-order valence-electron chi connectivity index (χ0n) is 16.8. The largest absolute Gasteiger partial charge is 0.365 e. The summed E-state index contributed by atoms with van der Waals surface area (Å²) in [6.45, 7) is 9.75. The third kappa shape index (κ3) is 4.78. The van der Waals surface area contributed by atoms with Gasteiger partial charge < -0.3 is 19.5 Å². The molecule has 1 atom stereocenters. The highest BCUT2D eigenvalue weighted by molar-refractivity contribution is 5.93. The molecule has 9 heteroatoms. The van der Waals surface area contributed by atoms with E-state index in [-0.39, 0.29) is 30.2 Å². The first kappa shape index (κ1) is 20.1. The lowest BCUT2D eigenvalue weighted by atomic mass is 10.1. The number of carbonyl (C=O) groups is 2. The van der Waals surface area contributed by atoms with E-state index < -0.39 is 0 Å². The minimum atomic E-state index is -0.327. The van der Waals surface area contributed by atoms with E-state index >= 15 is 0 Å². The Balaban J connectivity index is 1.60. The Morgan fingerprint density at radius 2 is 2.18 bits per heavy atom. The van der Waals surface area contributed by atoms with Crippen LogP contribution in [0.5, 0.6) is 0 Å². The van der Waals surface area contributed by atoms with Crippen molar-refractivity contribution in [2.24, 2.45) is 5.92 Å². The van der Waals surface area contributed by atoms with Gasteiger partial charge in [0.05, 0.1) is 18.8 Å². The molecule has 0 aliphatic carbocycles. The molecule has 28 heavy (non-hydrogen) atoms. The van der Waals surface area contributed by atoms with E-state index in [0.29, 0.717) is 43.4 Å². The Morgan fingerprint density at radius 1 is 1.39 bits per heavy atom. The van der Waals surface area contributed by atoms with Crippen LogP contribution in [0.15, 0.2) is 16.9 Å². The predicted molar refractivity (Wildman–Crippen MR) is 101 cm³/mol. The second-order valence-corrected chi connectivity index (χ2v) is 7.62. The van der Waals surface area contributed by atoms with Crippen molar-refractivity contribution in [3.63, 3.8) is 0 Å². The predicted octanol–water partition coefficient (Wildman–Crippen LogP) is 1.15. The number of nitrogens with zero attached hydrogens (tertiary/aromatic N) is 4. The lowest BCUT2D eigenvalue weighted by Gasteiger charge is -2.33. The molecule has 1 fully saturated rings. The van der Waals surface area contributed by atoms with Crippen LogP contribution in [0.4, 0.5) is 0 Å². The van der Waals surface area contributed by atoms with Gasteiger partial charge in [0.25, 0.3) is 5.91 Å². The number of aryl methyl sites for hydroxylation is 2. The van der Waals surface area contributed by atoms with Crippen LogP contribution in [-0.2, 0) is 16.1 Å². The van der Waals surface area contributed by atoms with E-state index in [0.717, 1.165) is 5.56 Å². The maximum atomic E-state index is 12.6. The van der Waals surface area contributed by atoms with Crippen LogP contribution in [0.2, 0.25) is 0 Å². The van der Waals surface area contributed by atoms with Crippen molar-refractivity contribution in [1.29, 1.82) is 0 Å². The molecule has 2 aromatic rings. The third-order valence-electron chi connectivity index (χ3n) is 4.58. The Bertz CT molecular complexity index is 841. The number of amides is 2. The van der Waals surface area contributed by atoms with Gasteiger partial charge >= 0.3 is 0 Å². The Kier molecular flexibility index (Phi) is 6.13. The van der Waals surface area contributed by atoms with Crippen molar-refractivity contribution in [3.05, 3.63) is 35.0 Å². The topological polar surface area (TPSA) is 102 Å². The maximum absolute atomic E-state index is 12.6. The highest BCUT2D eigenvalue weighted by atomic mass is 16.5. The summed E-state index contributed by atoms with van der Waals surface area (Å²) in [7, 11) is 0. The second kappa shape index (κ2) is 8.55. The van der Waals surface area contributed by atoms with Gasteiger partial charge in [0, 0.05) is 31.4 Å². The fraction of sp³-hybridized carbons (Fsp3) is 0.579. The number of morpholine rings is 1. The second-order valence-electron chi connectivity index (χ2n) is 7.62. The third-order valence-corrected chi connectivity index (χ3v) is 4.58.